The lowest BCUT2D eigenvalue weighted by Gasteiger charge is -2.07. The first kappa shape index (κ1) is 17.0. The summed E-state index contributed by atoms with van der Waals surface area (Å²) in [5.41, 5.74) is 0.203. The van der Waals surface area contributed by atoms with Crippen LogP contribution in [0.1, 0.15) is 16.2 Å². The molecule has 0 aliphatic carbocycles. The molecule has 25 heavy (non-hydrogen) atoms. The van der Waals surface area contributed by atoms with Crippen LogP contribution in [0.5, 0.6) is 0 Å². The normalized spacial score (nSPS) is 11.3. The lowest BCUT2D eigenvalue weighted by Crippen LogP contribution is -2.15. The second-order valence-electron chi connectivity index (χ2n) is 4.73. The van der Waals surface area contributed by atoms with Crippen molar-refractivity contribution in [2.24, 2.45) is 0 Å². The number of carbonyl (C=O) groups excluding carboxylic acids is 1. The minimum Gasteiger partial charge on any atom is -0.289 e. The molecule has 2 heterocycles. The van der Waals surface area contributed by atoms with Gasteiger partial charge in [-0.3, -0.25) is 15.2 Å². The molecular formula is C15H10F3N5OS. The average molecular weight is 365 g/mol. The Hall–Kier alpha value is -2.88. The van der Waals surface area contributed by atoms with Gasteiger partial charge in [0.1, 0.15) is 5.03 Å². The molecule has 3 aromatic rings. The van der Waals surface area contributed by atoms with Crippen molar-refractivity contribution in [1.82, 2.24) is 20.2 Å². The third kappa shape index (κ3) is 4.15. The van der Waals surface area contributed by atoms with Gasteiger partial charge in [0.05, 0.1) is 5.56 Å². The van der Waals surface area contributed by atoms with E-state index in [9.17, 15) is 18.0 Å². The van der Waals surface area contributed by atoms with E-state index in [1.165, 1.54) is 24.0 Å². The molecule has 1 aromatic carbocycles. The van der Waals surface area contributed by atoms with E-state index in [0.29, 0.717) is 5.03 Å². The predicted octanol–water partition coefficient (Wildman–Crippen LogP) is 3.62. The van der Waals surface area contributed by atoms with Crippen LogP contribution in [0.25, 0.3) is 0 Å². The molecule has 0 radical (unpaired) electrons. The van der Waals surface area contributed by atoms with Gasteiger partial charge in [-0.15, -0.1) is 5.10 Å². The Labute approximate surface area is 143 Å². The molecule has 0 fully saturated rings. The standard InChI is InChI=1S/C15H10F3N5OS/c16-15(17,18)13-21-14(23-22-13)20-11(24)10-7-4-8-19-12(10)25-9-5-2-1-3-6-9/h1-8H,(H2,20,21,22,23,24). The number of amides is 1. The molecule has 6 nitrogen and oxygen atoms in total. The van der Waals surface area contributed by atoms with Crippen LogP contribution < -0.4 is 5.32 Å². The van der Waals surface area contributed by atoms with Crippen molar-refractivity contribution in [1.29, 1.82) is 0 Å². The highest BCUT2D eigenvalue weighted by Gasteiger charge is 2.35. The number of halogens is 3. The van der Waals surface area contributed by atoms with E-state index < -0.39 is 23.9 Å². The Bertz CT molecular complexity index is 882. The zero-order valence-electron chi connectivity index (χ0n) is 12.4. The second kappa shape index (κ2) is 6.93. The molecule has 2 aromatic heterocycles. The maximum absolute atomic E-state index is 12.5. The van der Waals surface area contributed by atoms with Crippen LogP contribution in [-0.4, -0.2) is 26.1 Å². The molecule has 0 atom stereocenters. The lowest BCUT2D eigenvalue weighted by molar-refractivity contribution is -0.144. The van der Waals surface area contributed by atoms with Gasteiger partial charge in [-0.2, -0.15) is 18.2 Å². The number of benzene rings is 1. The number of aromatic nitrogens is 4. The zero-order chi connectivity index (χ0) is 17.9. The summed E-state index contributed by atoms with van der Waals surface area (Å²) in [4.78, 5) is 20.6. The fourth-order valence-electron chi connectivity index (χ4n) is 1.86. The van der Waals surface area contributed by atoms with E-state index in [4.69, 9.17) is 0 Å². The van der Waals surface area contributed by atoms with Crippen LogP contribution in [0.3, 0.4) is 0 Å². The number of alkyl halides is 3. The summed E-state index contributed by atoms with van der Waals surface area (Å²) in [5, 5.41) is 7.73. The van der Waals surface area contributed by atoms with Gasteiger partial charge in [0.25, 0.3) is 5.91 Å². The highest BCUT2D eigenvalue weighted by molar-refractivity contribution is 7.99. The van der Waals surface area contributed by atoms with Crippen LogP contribution in [0.15, 0.2) is 58.6 Å². The molecule has 0 spiro atoms. The van der Waals surface area contributed by atoms with Crippen molar-refractivity contribution in [2.75, 3.05) is 5.32 Å². The van der Waals surface area contributed by atoms with Gasteiger partial charge in [-0.05, 0) is 24.3 Å². The van der Waals surface area contributed by atoms with Gasteiger partial charge in [0.2, 0.25) is 11.8 Å². The number of carbonyl (C=O) groups is 1. The Morgan fingerprint density at radius 1 is 1.12 bits per heavy atom. The van der Waals surface area contributed by atoms with E-state index in [1.54, 1.807) is 11.2 Å². The number of rotatable bonds is 4. The van der Waals surface area contributed by atoms with Crippen LogP contribution in [-0.2, 0) is 6.18 Å². The molecule has 1 amide bonds. The first-order chi connectivity index (χ1) is 11.9. The van der Waals surface area contributed by atoms with Crippen LogP contribution in [0.2, 0.25) is 0 Å². The largest absolute Gasteiger partial charge is 0.451 e. The smallest absolute Gasteiger partial charge is 0.289 e. The third-order valence-corrected chi connectivity index (χ3v) is 3.98. The molecular weight excluding hydrogens is 355 g/mol. The Morgan fingerprint density at radius 3 is 2.56 bits per heavy atom. The van der Waals surface area contributed by atoms with Crippen LogP contribution in [0.4, 0.5) is 19.1 Å². The van der Waals surface area contributed by atoms with E-state index in [2.05, 4.69) is 20.4 Å². The average Bonchev–Trinajstić information content (AvgIpc) is 3.05. The summed E-state index contributed by atoms with van der Waals surface area (Å²) in [6.45, 7) is 0. The summed E-state index contributed by atoms with van der Waals surface area (Å²) in [5.74, 6) is -2.40. The molecule has 0 aliphatic rings. The highest BCUT2D eigenvalue weighted by Crippen LogP contribution is 2.29. The Balaban J connectivity index is 1.80. The Kier molecular flexibility index (Phi) is 4.70. The van der Waals surface area contributed by atoms with Crippen molar-refractivity contribution in [3.05, 3.63) is 60.0 Å². The van der Waals surface area contributed by atoms with Crippen molar-refractivity contribution in [3.63, 3.8) is 0 Å². The van der Waals surface area contributed by atoms with Gasteiger partial charge < -0.3 is 0 Å². The number of aromatic amines is 1. The molecule has 2 N–H and O–H groups in total. The number of anilines is 1. The number of hydrogen-bond acceptors (Lipinski definition) is 5. The summed E-state index contributed by atoms with van der Waals surface area (Å²) < 4.78 is 37.5. The molecule has 3 rings (SSSR count). The minimum atomic E-state index is -4.67. The number of pyridine rings is 1. The fraction of sp³-hybridized carbons (Fsp3) is 0.0667. The SMILES string of the molecule is O=C(Nc1n[nH]c(C(F)(F)F)n1)c1cccnc1Sc1ccccc1. The molecule has 0 bridgehead atoms. The number of hydrogen-bond donors (Lipinski definition) is 2. The van der Waals surface area contributed by atoms with Gasteiger partial charge in [0.15, 0.2) is 0 Å². The number of H-pyrrole nitrogens is 1. The minimum absolute atomic E-state index is 0.203. The van der Waals surface area contributed by atoms with Gasteiger partial charge in [-0.1, -0.05) is 30.0 Å². The number of nitrogens with zero attached hydrogens (tertiary/aromatic N) is 3. The maximum Gasteiger partial charge on any atom is 0.451 e. The van der Waals surface area contributed by atoms with Crippen LogP contribution >= 0.6 is 11.8 Å². The highest BCUT2D eigenvalue weighted by atomic mass is 32.2. The zero-order valence-corrected chi connectivity index (χ0v) is 13.2. The van der Waals surface area contributed by atoms with E-state index in [0.717, 1.165) is 4.90 Å². The molecule has 0 unspecified atom stereocenters. The van der Waals surface area contributed by atoms with Crippen molar-refractivity contribution < 1.29 is 18.0 Å². The third-order valence-electron chi connectivity index (χ3n) is 2.95. The Morgan fingerprint density at radius 2 is 1.88 bits per heavy atom. The predicted molar refractivity (Wildman–Crippen MR) is 84.1 cm³/mol. The summed E-state index contributed by atoms with van der Waals surface area (Å²) >= 11 is 1.26. The van der Waals surface area contributed by atoms with Crippen molar-refractivity contribution in [2.45, 2.75) is 16.1 Å². The monoisotopic (exact) mass is 365 g/mol. The lowest BCUT2D eigenvalue weighted by atomic mass is 10.3. The van der Waals surface area contributed by atoms with Crippen molar-refractivity contribution in [3.8, 4) is 0 Å². The summed E-state index contributed by atoms with van der Waals surface area (Å²) in [6.07, 6.45) is -3.14. The molecule has 128 valence electrons. The van der Waals surface area contributed by atoms with Crippen LogP contribution in [0, 0.1) is 0 Å². The number of nitrogens with one attached hydrogen (secondary N) is 2. The van der Waals surface area contributed by atoms with Gasteiger partial charge in [-0.25, -0.2) is 4.98 Å². The first-order valence-corrected chi connectivity index (χ1v) is 7.74. The summed E-state index contributed by atoms with van der Waals surface area (Å²) in [6, 6.07) is 12.3. The summed E-state index contributed by atoms with van der Waals surface area (Å²) in [7, 11) is 0. The second-order valence-corrected chi connectivity index (χ2v) is 5.79. The molecule has 0 aliphatic heterocycles. The molecule has 0 saturated carbocycles. The van der Waals surface area contributed by atoms with E-state index in [-0.39, 0.29) is 5.56 Å². The van der Waals surface area contributed by atoms with Gasteiger partial charge >= 0.3 is 6.18 Å². The van der Waals surface area contributed by atoms with E-state index >= 15 is 0 Å². The topological polar surface area (TPSA) is 83.6 Å². The molecule has 0 saturated heterocycles. The van der Waals surface area contributed by atoms with E-state index in [1.807, 2.05) is 30.3 Å². The van der Waals surface area contributed by atoms with Gasteiger partial charge in [0, 0.05) is 11.1 Å². The molecule has 10 heteroatoms. The quantitative estimate of drug-likeness (QED) is 0.738. The fourth-order valence-corrected chi connectivity index (χ4v) is 2.76. The maximum atomic E-state index is 12.5. The van der Waals surface area contributed by atoms with Crippen molar-refractivity contribution >= 4 is 23.6 Å². The first-order valence-electron chi connectivity index (χ1n) is 6.92.